The third-order valence-electron chi connectivity index (χ3n) is 2.28. The van der Waals surface area contributed by atoms with E-state index >= 15 is 0 Å². The Hall–Kier alpha value is -2.21. The van der Waals surface area contributed by atoms with Crippen LogP contribution in [0.2, 0.25) is 0 Å². The zero-order valence-electron chi connectivity index (χ0n) is 8.25. The normalized spacial score (nSPS) is 11.1. The van der Waals surface area contributed by atoms with Gasteiger partial charge in [0, 0.05) is 5.56 Å². The van der Waals surface area contributed by atoms with E-state index in [-0.39, 0.29) is 6.54 Å². The van der Waals surface area contributed by atoms with Crippen molar-refractivity contribution in [3.8, 4) is 11.4 Å². The van der Waals surface area contributed by atoms with Crippen molar-refractivity contribution >= 4 is 11.0 Å². The van der Waals surface area contributed by atoms with Crippen molar-refractivity contribution in [2.45, 2.75) is 6.54 Å². The van der Waals surface area contributed by atoms with Crippen molar-refractivity contribution in [2.24, 2.45) is 5.73 Å². The van der Waals surface area contributed by atoms with E-state index in [2.05, 4.69) is 15.3 Å². The summed E-state index contributed by atoms with van der Waals surface area (Å²) in [5, 5.41) is 8.43. The number of fused-ring (bicyclic) bond motifs is 1. The van der Waals surface area contributed by atoms with Gasteiger partial charge in [-0.1, -0.05) is 22.4 Å². The molecular weight excluding hydrogens is 208 g/mol. The van der Waals surface area contributed by atoms with Crippen molar-refractivity contribution in [3.05, 3.63) is 30.3 Å². The van der Waals surface area contributed by atoms with Crippen LogP contribution in [0.1, 0.15) is 5.89 Å². The standard InChI is InChI=1S/C10H8N4O2/c11-4-9-13-10(14-16-9)6-2-1-3-8-7(6)5-12-15-8/h1-3,5H,4,11H2. The number of aromatic nitrogens is 3. The first-order chi connectivity index (χ1) is 7.88. The van der Waals surface area contributed by atoms with Gasteiger partial charge in [0.2, 0.25) is 11.7 Å². The van der Waals surface area contributed by atoms with Gasteiger partial charge in [-0.05, 0) is 6.07 Å². The smallest absolute Gasteiger partial charge is 0.240 e. The van der Waals surface area contributed by atoms with Crippen molar-refractivity contribution in [1.82, 2.24) is 15.3 Å². The zero-order chi connectivity index (χ0) is 11.0. The average molecular weight is 216 g/mol. The minimum Gasteiger partial charge on any atom is -0.356 e. The monoisotopic (exact) mass is 216 g/mol. The second kappa shape index (κ2) is 3.42. The molecule has 0 fully saturated rings. The Kier molecular flexibility index (Phi) is 1.94. The highest BCUT2D eigenvalue weighted by Crippen LogP contribution is 2.25. The van der Waals surface area contributed by atoms with Gasteiger partial charge >= 0.3 is 0 Å². The number of hydrogen-bond acceptors (Lipinski definition) is 6. The second-order valence-corrected chi connectivity index (χ2v) is 3.26. The van der Waals surface area contributed by atoms with Crippen molar-refractivity contribution in [2.75, 3.05) is 0 Å². The maximum absolute atomic E-state index is 5.41. The molecule has 0 radical (unpaired) electrons. The van der Waals surface area contributed by atoms with Gasteiger partial charge in [0.1, 0.15) is 0 Å². The van der Waals surface area contributed by atoms with Crippen LogP contribution in [0.4, 0.5) is 0 Å². The van der Waals surface area contributed by atoms with Crippen molar-refractivity contribution in [3.63, 3.8) is 0 Å². The average Bonchev–Trinajstić information content (AvgIpc) is 2.97. The Labute approximate surface area is 90.0 Å². The molecule has 6 nitrogen and oxygen atoms in total. The molecule has 0 spiro atoms. The molecule has 0 aliphatic heterocycles. The van der Waals surface area contributed by atoms with Gasteiger partial charge in [0.05, 0.1) is 18.1 Å². The van der Waals surface area contributed by atoms with Gasteiger partial charge in [-0.25, -0.2) is 0 Å². The van der Waals surface area contributed by atoms with Crippen LogP contribution in [-0.4, -0.2) is 15.3 Å². The highest BCUT2D eigenvalue weighted by atomic mass is 16.5. The molecule has 2 heterocycles. The fraction of sp³-hybridized carbons (Fsp3) is 0.100. The molecule has 1 aromatic carbocycles. The van der Waals surface area contributed by atoms with Gasteiger partial charge in [0.15, 0.2) is 5.58 Å². The molecule has 0 saturated carbocycles. The summed E-state index contributed by atoms with van der Waals surface area (Å²) in [6, 6.07) is 5.56. The Morgan fingerprint density at radius 1 is 1.25 bits per heavy atom. The minimum absolute atomic E-state index is 0.229. The molecule has 2 aromatic heterocycles. The molecule has 80 valence electrons. The molecule has 6 heteroatoms. The highest BCUT2D eigenvalue weighted by molar-refractivity contribution is 5.91. The predicted octanol–water partition coefficient (Wildman–Crippen LogP) is 1.34. The van der Waals surface area contributed by atoms with Crippen LogP contribution in [0.15, 0.2) is 33.4 Å². The minimum atomic E-state index is 0.229. The number of nitrogens with two attached hydrogens (primary N) is 1. The van der Waals surface area contributed by atoms with E-state index < -0.39 is 0 Å². The van der Waals surface area contributed by atoms with E-state index in [1.807, 2.05) is 18.2 Å². The van der Waals surface area contributed by atoms with Gasteiger partial charge in [0.25, 0.3) is 0 Å². The Balaban J connectivity index is 2.21. The summed E-state index contributed by atoms with van der Waals surface area (Å²) in [5.74, 6) is 0.901. The molecule has 0 aliphatic rings. The molecular formula is C10H8N4O2. The molecule has 0 bridgehead atoms. The first-order valence-electron chi connectivity index (χ1n) is 4.75. The van der Waals surface area contributed by atoms with Crippen LogP contribution >= 0.6 is 0 Å². The second-order valence-electron chi connectivity index (χ2n) is 3.26. The van der Waals surface area contributed by atoms with Crippen LogP contribution < -0.4 is 5.73 Å². The van der Waals surface area contributed by atoms with E-state index in [4.69, 9.17) is 14.8 Å². The summed E-state index contributed by atoms with van der Waals surface area (Å²) in [5.41, 5.74) is 6.92. The van der Waals surface area contributed by atoms with E-state index in [0.717, 1.165) is 10.9 Å². The Morgan fingerprint density at radius 3 is 3.00 bits per heavy atom. The largest absolute Gasteiger partial charge is 0.356 e. The number of nitrogens with zero attached hydrogens (tertiary/aromatic N) is 3. The van der Waals surface area contributed by atoms with E-state index in [9.17, 15) is 0 Å². The third kappa shape index (κ3) is 1.28. The predicted molar refractivity (Wildman–Crippen MR) is 55.2 cm³/mol. The summed E-state index contributed by atoms with van der Waals surface area (Å²) in [6.45, 7) is 0.229. The molecule has 16 heavy (non-hydrogen) atoms. The molecule has 0 amide bonds. The lowest BCUT2D eigenvalue weighted by Gasteiger charge is -1.93. The SMILES string of the molecule is NCc1nc(-c2cccc3oncc23)no1. The molecule has 0 unspecified atom stereocenters. The highest BCUT2D eigenvalue weighted by Gasteiger charge is 2.12. The summed E-state index contributed by atoms with van der Waals surface area (Å²) >= 11 is 0. The molecule has 3 aromatic rings. The fourth-order valence-electron chi connectivity index (χ4n) is 1.53. The number of benzene rings is 1. The molecule has 0 aliphatic carbocycles. The van der Waals surface area contributed by atoms with Crippen LogP contribution in [-0.2, 0) is 6.54 Å². The maximum atomic E-state index is 5.41. The van der Waals surface area contributed by atoms with Crippen LogP contribution in [0, 0.1) is 0 Å². The Morgan fingerprint density at radius 2 is 2.19 bits per heavy atom. The van der Waals surface area contributed by atoms with Crippen LogP contribution in [0.3, 0.4) is 0 Å². The van der Waals surface area contributed by atoms with Gasteiger partial charge in [-0.2, -0.15) is 4.98 Å². The molecule has 3 rings (SSSR count). The van der Waals surface area contributed by atoms with Crippen molar-refractivity contribution in [1.29, 1.82) is 0 Å². The van der Waals surface area contributed by atoms with E-state index in [1.165, 1.54) is 0 Å². The summed E-state index contributed by atoms with van der Waals surface area (Å²) in [4.78, 5) is 4.16. The van der Waals surface area contributed by atoms with Crippen LogP contribution in [0.25, 0.3) is 22.4 Å². The lowest BCUT2D eigenvalue weighted by Crippen LogP contribution is -1.95. The Bertz CT molecular complexity index is 628. The zero-order valence-corrected chi connectivity index (χ0v) is 8.25. The summed E-state index contributed by atoms with van der Waals surface area (Å²) in [6.07, 6.45) is 1.63. The maximum Gasteiger partial charge on any atom is 0.240 e. The lowest BCUT2D eigenvalue weighted by atomic mass is 10.1. The quantitative estimate of drug-likeness (QED) is 0.694. The van der Waals surface area contributed by atoms with E-state index in [1.54, 1.807) is 6.20 Å². The summed E-state index contributed by atoms with van der Waals surface area (Å²) < 4.78 is 10.0. The van der Waals surface area contributed by atoms with Gasteiger partial charge in [-0.15, -0.1) is 0 Å². The first kappa shape index (κ1) is 9.05. The van der Waals surface area contributed by atoms with Gasteiger partial charge < -0.3 is 14.8 Å². The van der Waals surface area contributed by atoms with Crippen molar-refractivity contribution < 1.29 is 9.05 Å². The summed E-state index contributed by atoms with van der Waals surface area (Å²) in [7, 11) is 0. The van der Waals surface area contributed by atoms with Gasteiger partial charge in [-0.3, -0.25) is 0 Å². The topological polar surface area (TPSA) is 91.0 Å². The first-order valence-corrected chi connectivity index (χ1v) is 4.75. The fourth-order valence-corrected chi connectivity index (χ4v) is 1.53. The third-order valence-corrected chi connectivity index (χ3v) is 2.28. The molecule has 2 N–H and O–H groups in total. The number of hydrogen-bond donors (Lipinski definition) is 1. The van der Waals surface area contributed by atoms with Crippen LogP contribution in [0.5, 0.6) is 0 Å². The molecule has 0 saturated heterocycles. The van der Waals surface area contributed by atoms with E-state index in [0.29, 0.717) is 17.3 Å². The number of rotatable bonds is 2. The molecule has 0 atom stereocenters. The lowest BCUT2D eigenvalue weighted by molar-refractivity contribution is 0.380.